The Balaban J connectivity index is 1.61. The van der Waals surface area contributed by atoms with E-state index >= 15 is 0 Å². The van der Waals surface area contributed by atoms with Crippen molar-refractivity contribution in [2.75, 3.05) is 0 Å². The lowest BCUT2D eigenvalue weighted by molar-refractivity contribution is 0.306. The van der Waals surface area contributed by atoms with Crippen LogP contribution in [-0.4, -0.2) is 4.99 Å². The second-order valence-corrected chi connectivity index (χ2v) is 7.48. The van der Waals surface area contributed by atoms with E-state index in [2.05, 4.69) is 30.4 Å². The van der Waals surface area contributed by atoms with Crippen LogP contribution in [0, 0.1) is 6.92 Å². The summed E-state index contributed by atoms with van der Waals surface area (Å²) in [6.45, 7) is 3.13. The number of hydrogen-bond acceptors (Lipinski definition) is 2. The monoisotopic (exact) mass is 415 g/mol. The van der Waals surface area contributed by atoms with Gasteiger partial charge in [-0.25, -0.2) is 0 Å². The van der Waals surface area contributed by atoms with Crippen LogP contribution in [0.3, 0.4) is 0 Å². The number of ether oxygens (including phenoxy) is 1. The average Bonchev–Trinajstić information content (AvgIpc) is 2.66. The number of aryl methyl sites for hydroxylation is 1. The number of thiocarbonyl (C=S) groups is 1. The second kappa shape index (κ2) is 9.23. The molecule has 2 nitrogen and oxygen atoms in total. The molecular weight excluding hydrogens is 397 g/mol. The molecule has 0 saturated carbocycles. The minimum Gasteiger partial charge on any atom is -0.489 e. The largest absolute Gasteiger partial charge is 0.489 e. The number of benzene rings is 3. The van der Waals surface area contributed by atoms with Crippen molar-refractivity contribution >= 4 is 40.4 Å². The third-order valence-electron chi connectivity index (χ3n) is 4.04. The van der Waals surface area contributed by atoms with Crippen molar-refractivity contribution in [3.8, 4) is 5.75 Å². The predicted molar refractivity (Wildman–Crippen MR) is 117 cm³/mol. The molecule has 5 heteroatoms. The second-order valence-electron chi connectivity index (χ2n) is 6.22. The molecule has 0 aliphatic heterocycles. The Morgan fingerprint density at radius 1 is 1.00 bits per heavy atom. The maximum Gasteiger partial charge on any atom is 0.120 e. The molecule has 0 heterocycles. The molecule has 0 saturated heterocycles. The molecule has 3 rings (SSSR count). The van der Waals surface area contributed by atoms with Crippen molar-refractivity contribution in [3.63, 3.8) is 0 Å². The summed E-state index contributed by atoms with van der Waals surface area (Å²) in [7, 11) is 0. The van der Waals surface area contributed by atoms with Gasteiger partial charge < -0.3 is 10.1 Å². The molecule has 0 aliphatic carbocycles. The van der Waals surface area contributed by atoms with Gasteiger partial charge in [-0.2, -0.15) is 0 Å². The van der Waals surface area contributed by atoms with Crippen molar-refractivity contribution in [3.05, 3.63) is 99.0 Å². The lowest BCUT2D eigenvalue weighted by Gasteiger charge is -2.12. The molecule has 0 aliphatic rings. The van der Waals surface area contributed by atoms with Gasteiger partial charge in [-0.05, 0) is 36.8 Å². The Kier molecular flexibility index (Phi) is 6.73. The molecule has 0 spiro atoms. The van der Waals surface area contributed by atoms with Crippen LogP contribution >= 0.6 is 35.4 Å². The smallest absolute Gasteiger partial charge is 0.120 e. The minimum absolute atomic E-state index is 0.364. The normalized spacial score (nSPS) is 10.5. The van der Waals surface area contributed by atoms with E-state index in [4.69, 9.17) is 40.2 Å². The maximum atomic E-state index is 6.19. The van der Waals surface area contributed by atoms with Gasteiger partial charge in [-0.15, -0.1) is 0 Å². The summed E-state index contributed by atoms with van der Waals surface area (Å²) in [4.78, 5) is 0.687. The van der Waals surface area contributed by atoms with E-state index in [-0.39, 0.29) is 0 Å². The van der Waals surface area contributed by atoms with Crippen molar-refractivity contribution < 1.29 is 4.74 Å². The van der Waals surface area contributed by atoms with Crippen LogP contribution in [0.1, 0.15) is 22.3 Å². The van der Waals surface area contributed by atoms with Gasteiger partial charge in [0.1, 0.15) is 17.3 Å². The lowest BCUT2D eigenvalue weighted by Crippen LogP contribution is -2.21. The molecule has 0 unspecified atom stereocenters. The highest BCUT2D eigenvalue weighted by molar-refractivity contribution is 7.80. The van der Waals surface area contributed by atoms with Crippen LogP contribution in [-0.2, 0) is 13.2 Å². The summed E-state index contributed by atoms with van der Waals surface area (Å²) >= 11 is 17.6. The fourth-order valence-corrected chi connectivity index (χ4v) is 3.30. The first kappa shape index (κ1) is 19.7. The molecule has 0 aromatic heterocycles. The number of nitrogens with one attached hydrogen (secondary N) is 1. The molecule has 27 heavy (non-hydrogen) atoms. The van der Waals surface area contributed by atoms with Crippen LogP contribution < -0.4 is 10.1 Å². The molecule has 0 fully saturated rings. The first-order chi connectivity index (χ1) is 13.0. The molecular formula is C22H19Cl2NOS. The van der Waals surface area contributed by atoms with E-state index in [0.717, 1.165) is 16.9 Å². The highest BCUT2D eigenvalue weighted by Crippen LogP contribution is 2.23. The first-order valence-electron chi connectivity index (χ1n) is 8.52. The Morgan fingerprint density at radius 3 is 2.59 bits per heavy atom. The minimum atomic E-state index is 0.364. The quantitative estimate of drug-likeness (QED) is 0.474. The Hall–Kier alpha value is -2.07. The van der Waals surface area contributed by atoms with Gasteiger partial charge >= 0.3 is 0 Å². The summed E-state index contributed by atoms with van der Waals surface area (Å²) < 4.78 is 5.87. The van der Waals surface area contributed by atoms with Gasteiger partial charge in [0.05, 0.1) is 0 Å². The van der Waals surface area contributed by atoms with Crippen LogP contribution in [0.15, 0.2) is 66.7 Å². The average molecular weight is 416 g/mol. The van der Waals surface area contributed by atoms with E-state index in [9.17, 15) is 0 Å². The van der Waals surface area contributed by atoms with Crippen LogP contribution in [0.4, 0.5) is 0 Å². The number of rotatable bonds is 6. The zero-order valence-corrected chi connectivity index (χ0v) is 17.2. The van der Waals surface area contributed by atoms with E-state index in [1.165, 1.54) is 11.1 Å². The standard InChI is InChI=1S/C22H19Cl2NOS/c1-15-4-2-5-16(10-15)13-25-22(27)17-6-3-7-20(11-17)26-14-18-8-9-19(23)12-21(18)24/h2-12H,13-14H2,1H3,(H,25,27). The van der Waals surface area contributed by atoms with E-state index in [1.54, 1.807) is 12.1 Å². The first-order valence-corrected chi connectivity index (χ1v) is 9.68. The highest BCUT2D eigenvalue weighted by Gasteiger charge is 2.06. The van der Waals surface area contributed by atoms with Gasteiger partial charge in [0.15, 0.2) is 0 Å². The van der Waals surface area contributed by atoms with Crippen molar-refractivity contribution in [1.29, 1.82) is 0 Å². The Labute approximate surface area is 175 Å². The topological polar surface area (TPSA) is 21.3 Å². The van der Waals surface area contributed by atoms with Crippen LogP contribution in [0.25, 0.3) is 0 Å². The molecule has 0 atom stereocenters. The van der Waals surface area contributed by atoms with Crippen molar-refractivity contribution in [1.82, 2.24) is 5.32 Å². The molecule has 3 aromatic rings. The summed E-state index contributed by atoms with van der Waals surface area (Å²) in [6.07, 6.45) is 0. The van der Waals surface area contributed by atoms with Gasteiger partial charge in [0, 0.05) is 27.7 Å². The van der Waals surface area contributed by atoms with E-state index < -0.39 is 0 Å². The third-order valence-corrected chi connectivity index (χ3v) is 5.01. The fraction of sp³-hybridized carbons (Fsp3) is 0.136. The molecule has 1 N–H and O–H groups in total. The van der Waals surface area contributed by atoms with Gasteiger partial charge in [-0.1, -0.05) is 83.4 Å². The summed E-state index contributed by atoms with van der Waals surface area (Å²) in [5, 5.41) is 4.50. The SMILES string of the molecule is Cc1cccc(CNC(=S)c2cccc(OCc3ccc(Cl)cc3Cl)c2)c1. The number of hydrogen-bond donors (Lipinski definition) is 1. The van der Waals surface area contributed by atoms with Crippen LogP contribution in [0.2, 0.25) is 10.0 Å². The van der Waals surface area contributed by atoms with Crippen molar-refractivity contribution in [2.24, 2.45) is 0 Å². The Morgan fingerprint density at radius 2 is 1.81 bits per heavy atom. The van der Waals surface area contributed by atoms with Gasteiger partial charge in [0.2, 0.25) is 0 Å². The molecule has 3 aromatic carbocycles. The summed E-state index contributed by atoms with van der Waals surface area (Å²) in [6, 6.07) is 21.4. The summed E-state index contributed by atoms with van der Waals surface area (Å²) in [5.74, 6) is 0.734. The third kappa shape index (κ3) is 5.70. The zero-order chi connectivity index (χ0) is 19.2. The van der Waals surface area contributed by atoms with Crippen molar-refractivity contribution in [2.45, 2.75) is 20.1 Å². The predicted octanol–water partition coefficient (Wildman–Crippen LogP) is 6.35. The summed E-state index contributed by atoms with van der Waals surface area (Å²) in [5.41, 5.74) is 4.22. The lowest BCUT2D eigenvalue weighted by atomic mass is 10.1. The molecule has 138 valence electrons. The number of halogens is 2. The fourth-order valence-electron chi connectivity index (χ4n) is 2.63. The maximum absolute atomic E-state index is 6.19. The van der Waals surface area contributed by atoms with Crippen LogP contribution in [0.5, 0.6) is 5.75 Å². The van der Waals surface area contributed by atoms with Gasteiger partial charge in [-0.3, -0.25) is 0 Å². The zero-order valence-electron chi connectivity index (χ0n) is 14.8. The molecule has 0 bridgehead atoms. The Bertz CT molecular complexity index is 959. The molecule has 0 radical (unpaired) electrons. The highest BCUT2D eigenvalue weighted by atomic mass is 35.5. The molecule has 0 amide bonds. The van der Waals surface area contributed by atoms with Gasteiger partial charge in [0.25, 0.3) is 0 Å². The van der Waals surface area contributed by atoms with E-state index in [1.807, 2.05) is 36.4 Å². The van der Waals surface area contributed by atoms with E-state index in [0.29, 0.717) is 28.2 Å².